The van der Waals surface area contributed by atoms with Gasteiger partial charge in [-0.05, 0) is 74.5 Å². The highest BCUT2D eigenvalue weighted by molar-refractivity contribution is 6.03. The minimum atomic E-state index is -0.417. The first-order chi connectivity index (χ1) is 11.6. The second kappa shape index (κ2) is 5.86. The van der Waals surface area contributed by atoms with Crippen molar-refractivity contribution in [3.8, 4) is 11.1 Å². The van der Waals surface area contributed by atoms with Crippen molar-refractivity contribution in [1.82, 2.24) is 4.90 Å². The van der Waals surface area contributed by atoms with Gasteiger partial charge >= 0.3 is 0 Å². The van der Waals surface area contributed by atoms with Crippen LogP contribution < -0.4 is 0 Å². The zero-order valence-corrected chi connectivity index (χ0v) is 14.6. The largest absolute Gasteiger partial charge is 0.292 e. The molecular weight excluding hydrogens is 294 g/mol. The van der Waals surface area contributed by atoms with Gasteiger partial charge in [0, 0.05) is 5.56 Å². The van der Waals surface area contributed by atoms with Crippen LogP contribution in [0.3, 0.4) is 0 Å². The van der Waals surface area contributed by atoms with E-state index >= 15 is 0 Å². The summed E-state index contributed by atoms with van der Waals surface area (Å²) >= 11 is 0. The molecule has 1 saturated heterocycles. The van der Waals surface area contributed by atoms with Crippen molar-refractivity contribution in [3.05, 3.63) is 59.2 Å². The van der Waals surface area contributed by atoms with Crippen molar-refractivity contribution < 1.29 is 4.79 Å². The lowest BCUT2D eigenvalue weighted by atomic mass is 9.88. The summed E-state index contributed by atoms with van der Waals surface area (Å²) in [5.74, 6) is 0.253. The number of rotatable bonds is 3. The fraction of sp³-hybridized carbons (Fsp3) is 0.409. The number of likely N-dealkylation sites (tertiary alicyclic amines) is 1. The van der Waals surface area contributed by atoms with Gasteiger partial charge in [-0.3, -0.25) is 9.69 Å². The van der Waals surface area contributed by atoms with Gasteiger partial charge in [0.1, 0.15) is 0 Å². The van der Waals surface area contributed by atoms with Crippen LogP contribution in [-0.2, 0) is 6.42 Å². The average molecular weight is 319 g/mol. The van der Waals surface area contributed by atoms with E-state index in [0.717, 1.165) is 25.1 Å². The zero-order chi connectivity index (χ0) is 16.7. The Balaban J connectivity index is 1.64. The number of benzene rings is 2. The van der Waals surface area contributed by atoms with Crippen LogP contribution in [0.1, 0.15) is 54.6 Å². The lowest BCUT2D eigenvalue weighted by Gasteiger charge is -2.39. The van der Waals surface area contributed by atoms with Crippen LogP contribution >= 0.6 is 0 Å². The average Bonchev–Trinajstić information content (AvgIpc) is 2.99. The molecule has 2 aromatic rings. The first-order valence-corrected chi connectivity index (χ1v) is 9.08. The molecule has 2 heteroatoms. The van der Waals surface area contributed by atoms with E-state index in [9.17, 15) is 4.79 Å². The van der Waals surface area contributed by atoms with E-state index in [-0.39, 0.29) is 5.78 Å². The predicted molar refractivity (Wildman–Crippen MR) is 98.5 cm³/mol. The molecule has 0 spiro atoms. The second-order valence-corrected chi connectivity index (χ2v) is 7.64. The van der Waals surface area contributed by atoms with E-state index in [1.54, 1.807) is 0 Å². The highest BCUT2D eigenvalue weighted by Gasteiger charge is 2.36. The van der Waals surface area contributed by atoms with E-state index in [1.165, 1.54) is 41.5 Å². The molecular formula is C22H25NO. The molecule has 2 aromatic carbocycles. The normalized spacial score (nSPS) is 17.4. The number of hydrogen-bond donors (Lipinski definition) is 0. The summed E-state index contributed by atoms with van der Waals surface area (Å²) in [5.41, 5.74) is 5.71. The zero-order valence-electron chi connectivity index (χ0n) is 14.6. The maximum Gasteiger partial charge on any atom is 0.182 e. The summed E-state index contributed by atoms with van der Waals surface area (Å²) in [6.45, 7) is 6.25. The molecule has 2 aliphatic rings. The van der Waals surface area contributed by atoms with E-state index < -0.39 is 5.54 Å². The highest BCUT2D eigenvalue weighted by Crippen LogP contribution is 2.37. The van der Waals surface area contributed by atoms with Gasteiger partial charge in [0.05, 0.1) is 5.54 Å². The number of hydrogen-bond acceptors (Lipinski definition) is 2. The summed E-state index contributed by atoms with van der Waals surface area (Å²) in [7, 11) is 0. The molecule has 0 amide bonds. The Hall–Kier alpha value is -1.93. The number of Topliss-reactive ketones (excluding diaryl/α,β-unsaturated/α-hetero) is 1. The molecule has 4 rings (SSSR count). The Morgan fingerprint density at radius 1 is 0.917 bits per heavy atom. The quantitative estimate of drug-likeness (QED) is 0.652. The van der Waals surface area contributed by atoms with Gasteiger partial charge in [0.15, 0.2) is 5.78 Å². The Morgan fingerprint density at radius 2 is 1.62 bits per heavy atom. The smallest absolute Gasteiger partial charge is 0.182 e. The van der Waals surface area contributed by atoms with E-state index in [2.05, 4.69) is 55.1 Å². The fourth-order valence-electron chi connectivity index (χ4n) is 4.24. The lowest BCUT2D eigenvalue weighted by molar-refractivity contribution is 0.0579. The van der Waals surface area contributed by atoms with Crippen LogP contribution in [0, 0.1) is 0 Å². The van der Waals surface area contributed by atoms with Crippen LogP contribution in [0.25, 0.3) is 11.1 Å². The SMILES string of the molecule is CC(C)(C(=O)c1ccc2c(c1)Cc1ccccc1-2)N1CCCCC1. The third kappa shape index (κ3) is 2.50. The standard InChI is InChI=1S/C22H25NO/c1-22(2,23-12-6-3-7-13-23)21(24)17-10-11-20-18(15-17)14-16-8-4-5-9-19(16)20/h4-5,8-11,15H,3,6-7,12-14H2,1-2H3. The van der Waals surface area contributed by atoms with Crippen molar-refractivity contribution in [2.24, 2.45) is 0 Å². The molecule has 1 aliphatic heterocycles. The third-order valence-electron chi connectivity index (χ3n) is 5.76. The summed E-state index contributed by atoms with van der Waals surface area (Å²) in [6.07, 6.45) is 4.64. The third-order valence-corrected chi connectivity index (χ3v) is 5.76. The molecule has 0 aromatic heterocycles. The van der Waals surface area contributed by atoms with Gasteiger partial charge in [-0.15, -0.1) is 0 Å². The number of carbonyl (C=O) groups excluding carboxylic acids is 1. The van der Waals surface area contributed by atoms with Crippen LogP contribution in [0.4, 0.5) is 0 Å². The minimum absolute atomic E-state index is 0.253. The van der Waals surface area contributed by atoms with Gasteiger partial charge in [0.2, 0.25) is 0 Å². The molecule has 1 fully saturated rings. The molecule has 1 heterocycles. The van der Waals surface area contributed by atoms with Crippen molar-refractivity contribution >= 4 is 5.78 Å². The van der Waals surface area contributed by atoms with Crippen LogP contribution in [0.2, 0.25) is 0 Å². The van der Waals surface area contributed by atoms with Gasteiger partial charge < -0.3 is 0 Å². The molecule has 0 N–H and O–H groups in total. The van der Waals surface area contributed by atoms with Gasteiger partial charge in [-0.1, -0.05) is 42.8 Å². The Labute approximate surface area is 144 Å². The summed E-state index contributed by atoms with van der Waals surface area (Å²) in [4.78, 5) is 15.6. The number of nitrogens with zero attached hydrogens (tertiary/aromatic N) is 1. The maximum absolute atomic E-state index is 13.2. The number of carbonyl (C=O) groups is 1. The first-order valence-electron chi connectivity index (χ1n) is 9.08. The molecule has 124 valence electrons. The fourth-order valence-corrected chi connectivity index (χ4v) is 4.24. The molecule has 0 atom stereocenters. The van der Waals surface area contributed by atoms with Gasteiger partial charge in [0.25, 0.3) is 0 Å². The van der Waals surface area contributed by atoms with Crippen molar-refractivity contribution in [2.45, 2.75) is 45.1 Å². The summed E-state index contributed by atoms with van der Waals surface area (Å²) in [6, 6.07) is 14.8. The van der Waals surface area contributed by atoms with Crippen molar-refractivity contribution in [1.29, 1.82) is 0 Å². The molecule has 0 bridgehead atoms. The van der Waals surface area contributed by atoms with E-state index in [1.807, 2.05) is 6.07 Å². The van der Waals surface area contributed by atoms with Crippen molar-refractivity contribution in [3.63, 3.8) is 0 Å². The van der Waals surface area contributed by atoms with Crippen molar-refractivity contribution in [2.75, 3.05) is 13.1 Å². The molecule has 0 radical (unpaired) electrons. The molecule has 1 aliphatic carbocycles. The van der Waals surface area contributed by atoms with Crippen LogP contribution in [-0.4, -0.2) is 29.3 Å². The first kappa shape index (κ1) is 15.6. The molecule has 0 unspecified atom stereocenters. The maximum atomic E-state index is 13.2. The number of fused-ring (bicyclic) bond motifs is 3. The second-order valence-electron chi connectivity index (χ2n) is 7.64. The Bertz CT molecular complexity index is 784. The Morgan fingerprint density at radius 3 is 2.42 bits per heavy atom. The van der Waals surface area contributed by atoms with Crippen LogP contribution in [0.15, 0.2) is 42.5 Å². The highest BCUT2D eigenvalue weighted by atomic mass is 16.1. The topological polar surface area (TPSA) is 20.3 Å². The monoisotopic (exact) mass is 319 g/mol. The lowest BCUT2D eigenvalue weighted by Crippen LogP contribution is -2.52. The van der Waals surface area contributed by atoms with E-state index in [0.29, 0.717) is 0 Å². The summed E-state index contributed by atoms with van der Waals surface area (Å²) < 4.78 is 0. The molecule has 2 nitrogen and oxygen atoms in total. The summed E-state index contributed by atoms with van der Waals surface area (Å²) in [5, 5.41) is 0. The van der Waals surface area contributed by atoms with Gasteiger partial charge in [-0.2, -0.15) is 0 Å². The molecule has 0 saturated carbocycles. The number of piperidine rings is 1. The minimum Gasteiger partial charge on any atom is -0.292 e. The number of ketones is 1. The molecule has 24 heavy (non-hydrogen) atoms. The van der Waals surface area contributed by atoms with E-state index in [4.69, 9.17) is 0 Å². The Kier molecular flexibility index (Phi) is 3.80. The van der Waals surface area contributed by atoms with Crippen LogP contribution in [0.5, 0.6) is 0 Å². The predicted octanol–water partition coefficient (Wildman–Crippen LogP) is 4.71. The van der Waals surface area contributed by atoms with Gasteiger partial charge in [-0.25, -0.2) is 0 Å².